The van der Waals surface area contributed by atoms with Gasteiger partial charge in [0.05, 0.1) is 11.6 Å². The molecule has 0 aliphatic carbocycles. The number of carbonyl (C=O) groups is 1. The highest BCUT2D eigenvalue weighted by molar-refractivity contribution is 7.98. The van der Waals surface area contributed by atoms with Crippen molar-refractivity contribution in [3.05, 3.63) is 59.0 Å². The quantitative estimate of drug-likeness (QED) is 0.468. The molecule has 0 aliphatic heterocycles. The van der Waals surface area contributed by atoms with E-state index in [0.717, 1.165) is 10.6 Å². The van der Waals surface area contributed by atoms with E-state index < -0.39 is 5.97 Å². The van der Waals surface area contributed by atoms with E-state index in [1.54, 1.807) is 29.3 Å². The molecule has 2 heterocycles. The van der Waals surface area contributed by atoms with E-state index in [4.69, 9.17) is 16.3 Å². The van der Waals surface area contributed by atoms with Crippen molar-refractivity contribution < 1.29 is 9.53 Å². The summed E-state index contributed by atoms with van der Waals surface area (Å²) in [6.07, 6.45) is 1.81. The van der Waals surface area contributed by atoms with Gasteiger partial charge in [0.15, 0.2) is 5.65 Å². The van der Waals surface area contributed by atoms with Gasteiger partial charge >= 0.3 is 5.97 Å². The minimum atomic E-state index is -0.513. The molecule has 0 saturated heterocycles. The van der Waals surface area contributed by atoms with Crippen LogP contribution in [0.5, 0.6) is 0 Å². The van der Waals surface area contributed by atoms with Crippen LogP contribution in [-0.4, -0.2) is 27.2 Å². The number of aromatic nitrogens is 3. The van der Waals surface area contributed by atoms with Crippen LogP contribution in [0, 0.1) is 0 Å². The average molecular weight is 378 g/mol. The van der Waals surface area contributed by atoms with Crippen LogP contribution in [0.2, 0.25) is 5.02 Å². The Labute approximate surface area is 156 Å². The zero-order chi connectivity index (χ0) is 18.2. The van der Waals surface area contributed by atoms with Crippen molar-refractivity contribution in [2.45, 2.75) is 31.4 Å². The summed E-state index contributed by atoms with van der Waals surface area (Å²) in [5, 5.41) is 8.28. The van der Waals surface area contributed by atoms with Crippen molar-refractivity contribution in [1.82, 2.24) is 14.6 Å². The largest absolute Gasteiger partial charge is 0.460 e. The number of hydrogen-bond acceptors (Lipinski definition) is 5. The van der Waals surface area contributed by atoms with Gasteiger partial charge in [-0.25, -0.2) is 4.79 Å². The SMILES string of the molecule is CC.CCOC(=O)c1nnc2c(Cl)cc(SCc3ccccc3)cn12. The Kier molecular flexibility index (Phi) is 7.28. The van der Waals surface area contributed by atoms with Crippen molar-refractivity contribution in [2.24, 2.45) is 0 Å². The van der Waals surface area contributed by atoms with Crippen LogP contribution in [-0.2, 0) is 10.5 Å². The number of esters is 1. The lowest BCUT2D eigenvalue weighted by atomic mass is 10.2. The third kappa shape index (κ3) is 4.74. The van der Waals surface area contributed by atoms with Gasteiger partial charge in [0.1, 0.15) is 0 Å². The van der Waals surface area contributed by atoms with Crippen LogP contribution in [0.25, 0.3) is 5.65 Å². The highest BCUT2D eigenvalue weighted by Gasteiger charge is 2.17. The summed E-state index contributed by atoms with van der Waals surface area (Å²) in [5.74, 6) is 0.423. The second-order valence-corrected chi connectivity index (χ2v) is 6.19. The number of carbonyl (C=O) groups excluding carboxylic acids is 1. The molecule has 0 radical (unpaired) electrons. The van der Waals surface area contributed by atoms with E-state index in [9.17, 15) is 4.79 Å². The standard InChI is InChI=1S/C16H14ClN3O2S.C2H6/c1-2-22-16(21)15-19-18-14-13(17)8-12(9-20(14)15)23-10-11-6-4-3-5-7-11;1-2/h3-9H,2,10H2,1H3;1-2H3. The predicted octanol–water partition coefficient (Wildman–Crippen LogP) is 4.88. The zero-order valence-corrected chi connectivity index (χ0v) is 16.0. The fraction of sp³-hybridized carbons (Fsp3) is 0.278. The Morgan fingerprint density at radius 2 is 1.96 bits per heavy atom. The Morgan fingerprint density at radius 1 is 1.24 bits per heavy atom. The van der Waals surface area contributed by atoms with E-state index in [1.807, 2.05) is 38.1 Å². The number of nitrogens with zero attached hydrogens (tertiary/aromatic N) is 3. The normalized spacial score (nSPS) is 10.2. The Morgan fingerprint density at radius 3 is 2.64 bits per heavy atom. The van der Waals surface area contributed by atoms with Gasteiger partial charge in [0, 0.05) is 16.8 Å². The van der Waals surface area contributed by atoms with Crippen molar-refractivity contribution in [2.75, 3.05) is 6.61 Å². The minimum Gasteiger partial charge on any atom is -0.460 e. The fourth-order valence-corrected chi connectivity index (χ4v) is 3.30. The van der Waals surface area contributed by atoms with Gasteiger partial charge in [0.2, 0.25) is 5.82 Å². The maximum Gasteiger partial charge on any atom is 0.376 e. The molecule has 5 nitrogen and oxygen atoms in total. The summed E-state index contributed by atoms with van der Waals surface area (Å²) in [5.41, 5.74) is 1.65. The number of ether oxygens (including phenoxy) is 1. The molecule has 0 saturated carbocycles. The Balaban J connectivity index is 0.00000109. The maximum absolute atomic E-state index is 11.9. The van der Waals surface area contributed by atoms with Crippen molar-refractivity contribution >= 4 is 35.0 Å². The number of pyridine rings is 1. The zero-order valence-electron chi connectivity index (χ0n) is 14.4. The molecule has 0 spiro atoms. The van der Waals surface area contributed by atoms with Gasteiger partial charge in [0.25, 0.3) is 0 Å². The highest BCUT2D eigenvalue weighted by atomic mass is 35.5. The predicted molar refractivity (Wildman–Crippen MR) is 101 cm³/mol. The summed E-state index contributed by atoms with van der Waals surface area (Å²) in [6.45, 7) is 6.03. The molecule has 7 heteroatoms. The second-order valence-electron chi connectivity index (χ2n) is 4.74. The molecule has 25 heavy (non-hydrogen) atoms. The van der Waals surface area contributed by atoms with Gasteiger partial charge in [-0.05, 0) is 18.6 Å². The van der Waals surface area contributed by atoms with Gasteiger partial charge < -0.3 is 4.74 Å². The molecule has 0 N–H and O–H groups in total. The van der Waals surface area contributed by atoms with Crippen LogP contribution in [0.4, 0.5) is 0 Å². The summed E-state index contributed by atoms with van der Waals surface area (Å²) in [6, 6.07) is 12.0. The molecule has 2 aromatic heterocycles. The molecule has 0 bridgehead atoms. The number of hydrogen-bond donors (Lipinski definition) is 0. The monoisotopic (exact) mass is 377 g/mol. The van der Waals surface area contributed by atoms with E-state index in [2.05, 4.69) is 22.3 Å². The molecule has 0 unspecified atom stereocenters. The molecule has 1 aromatic carbocycles. The molecular weight excluding hydrogens is 358 g/mol. The van der Waals surface area contributed by atoms with E-state index >= 15 is 0 Å². The van der Waals surface area contributed by atoms with Crippen molar-refractivity contribution in [3.8, 4) is 0 Å². The van der Waals surface area contributed by atoms with Crippen molar-refractivity contribution in [1.29, 1.82) is 0 Å². The number of fused-ring (bicyclic) bond motifs is 1. The first-order chi connectivity index (χ1) is 12.2. The van der Waals surface area contributed by atoms with Gasteiger partial charge in [-0.2, -0.15) is 0 Å². The smallest absolute Gasteiger partial charge is 0.376 e. The Bertz CT molecular complexity index is 837. The number of thioether (sulfide) groups is 1. The second kappa shape index (κ2) is 9.44. The van der Waals surface area contributed by atoms with Crippen LogP contribution in [0.1, 0.15) is 37.0 Å². The average Bonchev–Trinajstić information content (AvgIpc) is 3.07. The lowest BCUT2D eigenvalue weighted by molar-refractivity contribution is 0.0510. The third-order valence-corrected chi connectivity index (χ3v) is 4.45. The maximum atomic E-state index is 11.9. The molecule has 0 aliphatic rings. The molecule has 0 amide bonds. The summed E-state index contributed by atoms with van der Waals surface area (Å²) >= 11 is 7.88. The van der Waals surface area contributed by atoms with E-state index in [1.165, 1.54) is 5.56 Å². The molecule has 3 aromatic rings. The summed E-state index contributed by atoms with van der Waals surface area (Å²) < 4.78 is 6.57. The third-order valence-electron chi connectivity index (χ3n) is 3.14. The molecule has 0 fully saturated rings. The first kappa shape index (κ1) is 19.3. The van der Waals surface area contributed by atoms with Crippen molar-refractivity contribution in [3.63, 3.8) is 0 Å². The number of benzene rings is 1. The fourth-order valence-electron chi connectivity index (χ4n) is 2.09. The Hall–Kier alpha value is -2.05. The lowest BCUT2D eigenvalue weighted by Crippen LogP contribution is -2.09. The first-order valence-electron chi connectivity index (χ1n) is 8.07. The van der Waals surface area contributed by atoms with Crippen LogP contribution >= 0.6 is 23.4 Å². The lowest BCUT2D eigenvalue weighted by Gasteiger charge is -2.06. The van der Waals surface area contributed by atoms with Gasteiger partial charge in [-0.15, -0.1) is 22.0 Å². The van der Waals surface area contributed by atoms with Gasteiger partial charge in [-0.3, -0.25) is 4.40 Å². The van der Waals surface area contributed by atoms with Crippen LogP contribution in [0.3, 0.4) is 0 Å². The van der Waals surface area contributed by atoms with Gasteiger partial charge in [-0.1, -0.05) is 55.8 Å². The van der Waals surface area contributed by atoms with Crippen LogP contribution < -0.4 is 0 Å². The topological polar surface area (TPSA) is 56.5 Å². The minimum absolute atomic E-state index is 0.130. The number of rotatable bonds is 5. The number of halogens is 1. The highest BCUT2D eigenvalue weighted by Crippen LogP contribution is 2.28. The summed E-state index contributed by atoms with van der Waals surface area (Å²) in [7, 11) is 0. The summed E-state index contributed by atoms with van der Waals surface area (Å²) in [4.78, 5) is 12.9. The van der Waals surface area contributed by atoms with E-state index in [-0.39, 0.29) is 12.4 Å². The first-order valence-corrected chi connectivity index (χ1v) is 9.43. The molecular formula is C18H20ClN3O2S. The molecule has 0 atom stereocenters. The van der Waals surface area contributed by atoms with Crippen LogP contribution in [0.15, 0.2) is 47.5 Å². The molecule has 132 valence electrons. The molecule has 3 rings (SSSR count). The van der Waals surface area contributed by atoms with E-state index in [0.29, 0.717) is 10.7 Å².